The third-order valence-electron chi connectivity index (χ3n) is 3.58. The van der Waals surface area contributed by atoms with Gasteiger partial charge in [-0.05, 0) is 18.9 Å². The number of carbonyl (C=O) groups excluding carboxylic acids is 1. The van der Waals surface area contributed by atoms with Gasteiger partial charge >= 0.3 is 5.97 Å². The molecule has 1 saturated carbocycles. The number of carboxylic acids is 1. The maximum absolute atomic E-state index is 11.9. The molecular formula is C13H19N3O3. The van der Waals surface area contributed by atoms with E-state index in [0.29, 0.717) is 13.0 Å². The van der Waals surface area contributed by atoms with Crippen LogP contribution in [0, 0.1) is 0 Å². The van der Waals surface area contributed by atoms with Gasteiger partial charge in [0.2, 0.25) is 5.91 Å². The van der Waals surface area contributed by atoms with Crippen molar-refractivity contribution in [1.82, 2.24) is 15.1 Å². The fourth-order valence-corrected chi connectivity index (χ4v) is 2.69. The molecule has 2 N–H and O–H groups in total. The largest absolute Gasteiger partial charge is 0.481 e. The quantitative estimate of drug-likeness (QED) is 0.808. The average molecular weight is 265 g/mol. The molecule has 1 amide bonds. The van der Waals surface area contributed by atoms with Gasteiger partial charge in [0.15, 0.2) is 0 Å². The van der Waals surface area contributed by atoms with Gasteiger partial charge in [-0.15, -0.1) is 0 Å². The lowest BCUT2D eigenvalue weighted by molar-refractivity contribution is -0.139. The molecule has 19 heavy (non-hydrogen) atoms. The summed E-state index contributed by atoms with van der Waals surface area (Å²) in [5, 5.41) is 15.9. The molecule has 104 valence electrons. The second-order valence-electron chi connectivity index (χ2n) is 5.13. The molecule has 0 radical (unpaired) electrons. The second kappa shape index (κ2) is 5.86. The third kappa shape index (κ3) is 3.81. The molecular weight excluding hydrogens is 246 g/mol. The highest BCUT2D eigenvalue weighted by atomic mass is 16.4. The Labute approximate surface area is 111 Å². The molecule has 1 aliphatic carbocycles. The first-order chi connectivity index (χ1) is 9.10. The number of aromatic nitrogens is 2. The van der Waals surface area contributed by atoms with E-state index in [1.807, 2.05) is 0 Å². The van der Waals surface area contributed by atoms with Crippen molar-refractivity contribution in [1.29, 1.82) is 0 Å². The van der Waals surface area contributed by atoms with Gasteiger partial charge in [-0.1, -0.05) is 12.8 Å². The Kier molecular flexibility index (Phi) is 4.19. The van der Waals surface area contributed by atoms with Crippen molar-refractivity contribution in [2.24, 2.45) is 0 Å². The number of carbonyl (C=O) groups is 2. The first-order valence-electron chi connectivity index (χ1n) is 6.60. The zero-order chi connectivity index (χ0) is 13.7. The first-order valence-corrected chi connectivity index (χ1v) is 6.60. The summed E-state index contributed by atoms with van der Waals surface area (Å²) in [6.07, 6.45) is 7.28. The van der Waals surface area contributed by atoms with Crippen LogP contribution in [-0.4, -0.2) is 32.3 Å². The highest BCUT2D eigenvalue weighted by Crippen LogP contribution is 2.32. The molecule has 1 aromatic rings. The summed E-state index contributed by atoms with van der Waals surface area (Å²) in [7, 11) is 0. The molecule has 1 aromatic heterocycles. The topological polar surface area (TPSA) is 84.2 Å². The van der Waals surface area contributed by atoms with Gasteiger partial charge in [0, 0.05) is 25.4 Å². The minimum Gasteiger partial charge on any atom is -0.481 e. The summed E-state index contributed by atoms with van der Waals surface area (Å²) in [5.74, 6) is -0.951. The summed E-state index contributed by atoms with van der Waals surface area (Å²) >= 11 is 0. The number of aliphatic carboxylic acids is 1. The summed E-state index contributed by atoms with van der Waals surface area (Å²) in [5.41, 5.74) is -0.535. The molecule has 6 heteroatoms. The van der Waals surface area contributed by atoms with Gasteiger partial charge in [-0.3, -0.25) is 14.3 Å². The Hall–Kier alpha value is -1.85. The summed E-state index contributed by atoms with van der Waals surface area (Å²) in [6.45, 7) is 0.516. The minimum absolute atomic E-state index is 0.0144. The van der Waals surface area contributed by atoms with Gasteiger partial charge in [0.05, 0.1) is 12.0 Å². The zero-order valence-electron chi connectivity index (χ0n) is 10.8. The number of nitrogens with one attached hydrogen (secondary N) is 1. The lowest BCUT2D eigenvalue weighted by atomic mass is 9.93. The maximum atomic E-state index is 11.9. The molecule has 1 aliphatic rings. The Bertz CT molecular complexity index is 436. The lowest BCUT2D eigenvalue weighted by Crippen LogP contribution is -2.48. The first kappa shape index (κ1) is 13.6. The van der Waals surface area contributed by atoms with E-state index in [4.69, 9.17) is 5.11 Å². The maximum Gasteiger partial charge on any atom is 0.305 e. The normalized spacial score (nSPS) is 17.3. The Morgan fingerprint density at radius 2 is 2.11 bits per heavy atom. The van der Waals surface area contributed by atoms with Crippen molar-refractivity contribution in [2.45, 2.75) is 50.6 Å². The van der Waals surface area contributed by atoms with E-state index in [0.717, 1.165) is 25.7 Å². The number of amides is 1. The standard InChI is InChI=1S/C13H19N3O3/c17-11(4-9-16-8-3-7-14-16)15-13(10-12(18)19)5-1-2-6-13/h3,7-8H,1-2,4-6,9-10H2,(H,15,17)(H,18,19). The van der Waals surface area contributed by atoms with Crippen LogP contribution in [0.2, 0.25) is 0 Å². The Morgan fingerprint density at radius 1 is 1.37 bits per heavy atom. The fourth-order valence-electron chi connectivity index (χ4n) is 2.69. The van der Waals surface area contributed by atoms with Gasteiger partial charge < -0.3 is 10.4 Å². The number of nitrogens with zero attached hydrogens (tertiary/aromatic N) is 2. The molecule has 0 unspecified atom stereocenters. The van der Waals surface area contributed by atoms with Gasteiger partial charge in [-0.2, -0.15) is 5.10 Å². The van der Waals surface area contributed by atoms with E-state index in [1.54, 1.807) is 23.1 Å². The molecule has 2 rings (SSSR count). The molecule has 0 spiro atoms. The Balaban J connectivity index is 1.86. The van der Waals surface area contributed by atoms with Crippen LogP contribution in [0.4, 0.5) is 0 Å². The van der Waals surface area contributed by atoms with E-state index < -0.39 is 11.5 Å². The van der Waals surface area contributed by atoms with Crippen molar-refractivity contribution in [3.8, 4) is 0 Å². The van der Waals surface area contributed by atoms with Crippen LogP contribution in [0.15, 0.2) is 18.5 Å². The fraction of sp³-hybridized carbons (Fsp3) is 0.615. The molecule has 1 heterocycles. The molecule has 0 aliphatic heterocycles. The molecule has 0 aromatic carbocycles. The van der Waals surface area contributed by atoms with Crippen LogP contribution in [0.5, 0.6) is 0 Å². The van der Waals surface area contributed by atoms with Crippen LogP contribution < -0.4 is 5.32 Å². The number of hydrogen-bond acceptors (Lipinski definition) is 3. The second-order valence-corrected chi connectivity index (χ2v) is 5.13. The van der Waals surface area contributed by atoms with Gasteiger partial charge in [0.25, 0.3) is 0 Å². The monoisotopic (exact) mass is 265 g/mol. The molecule has 0 saturated heterocycles. The van der Waals surface area contributed by atoms with Crippen molar-refractivity contribution in [3.05, 3.63) is 18.5 Å². The average Bonchev–Trinajstić information content (AvgIpc) is 2.97. The number of aryl methyl sites for hydroxylation is 1. The van der Waals surface area contributed by atoms with E-state index >= 15 is 0 Å². The van der Waals surface area contributed by atoms with Crippen molar-refractivity contribution < 1.29 is 14.7 Å². The Morgan fingerprint density at radius 3 is 2.68 bits per heavy atom. The third-order valence-corrected chi connectivity index (χ3v) is 3.58. The van der Waals surface area contributed by atoms with E-state index in [1.165, 1.54) is 0 Å². The van der Waals surface area contributed by atoms with Crippen molar-refractivity contribution in [3.63, 3.8) is 0 Å². The highest BCUT2D eigenvalue weighted by molar-refractivity contribution is 5.78. The zero-order valence-corrected chi connectivity index (χ0v) is 10.8. The van der Waals surface area contributed by atoms with Crippen LogP contribution in [0.25, 0.3) is 0 Å². The van der Waals surface area contributed by atoms with Crippen LogP contribution in [-0.2, 0) is 16.1 Å². The predicted octanol–water partition coefficient (Wildman–Crippen LogP) is 1.18. The van der Waals surface area contributed by atoms with E-state index in [2.05, 4.69) is 10.4 Å². The molecule has 0 atom stereocenters. The minimum atomic E-state index is -0.853. The molecule has 0 bridgehead atoms. The smallest absolute Gasteiger partial charge is 0.305 e. The van der Waals surface area contributed by atoms with Gasteiger partial charge in [0.1, 0.15) is 0 Å². The van der Waals surface area contributed by atoms with Crippen LogP contribution >= 0.6 is 0 Å². The van der Waals surface area contributed by atoms with Crippen LogP contribution in [0.3, 0.4) is 0 Å². The number of hydrogen-bond donors (Lipinski definition) is 2. The lowest BCUT2D eigenvalue weighted by Gasteiger charge is -2.28. The molecule has 6 nitrogen and oxygen atoms in total. The highest BCUT2D eigenvalue weighted by Gasteiger charge is 2.37. The number of carboxylic acid groups (broad SMARTS) is 1. The predicted molar refractivity (Wildman–Crippen MR) is 68.4 cm³/mol. The van der Waals surface area contributed by atoms with Crippen molar-refractivity contribution >= 4 is 11.9 Å². The molecule has 1 fully saturated rings. The number of rotatable bonds is 6. The van der Waals surface area contributed by atoms with Crippen molar-refractivity contribution in [2.75, 3.05) is 0 Å². The van der Waals surface area contributed by atoms with Crippen LogP contribution in [0.1, 0.15) is 38.5 Å². The summed E-state index contributed by atoms with van der Waals surface area (Å²) in [4.78, 5) is 22.9. The summed E-state index contributed by atoms with van der Waals surface area (Å²) in [6, 6.07) is 1.81. The summed E-state index contributed by atoms with van der Waals surface area (Å²) < 4.78 is 1.69. The van der Waals surface area contributed by atoms with E-state index in [-0.39, 0.29) is 12.3 Å². The van der Waals surface area contributed by atoms with Gasteiger partial charge in [-0.25, -0.2) is 0 Å². The SMILES string of the molecule is O=C(O)CC1(NC(=O)CCn2cccn2)CCCC1. The van der Waals surface area contributed by atoms with E-state index in [9.17, 15) is 9.59 Å².